The molecule has 0 aliphatic carbocycles. The first-order valence-electron chi connectivity index (χ1n) is 6.32. The van der Waals surface area contributed by atoms with Crippen LogP contribution in [0.15, 0.2) is 48.7 Å². The van der Waals surface area contributed by atoms with E-state index < -0.39 is 5.97 Å². The lowest BCUT2D eigenvalue weighted by molar-refractivity contribution is 0.0699. The Morgan fingerprint density at radius 2 is 1.86 bits per heavy atom. The number of carbonyl (C=O) groups is 1. The van der Waals surface area contributed by atoms with Gasteiger partial charge in [0.15, 0.2) is 0 Å². The summed E-state index contributed by atoms with van der Waals surface area (Å²) in [5.41, 5.74) is 1.98. The molecule has 3 nitrogen and oxygen atoms in total. The number of benzene rings is 2. The number of aromatic carboxylic acids is 1. The normalized spacial score (nSPS) is 11.0. The molecule has 5 heteroatoms. The summed E-state index contributed by atoms with van der Waals surface area (Å²) in [5, 5.41) is 11.0. The number of rotatable bonds is 3. The average Bonchev–Trinajstić information content (AvgIpc) is 2.83. The van der Waals surface area contributed by atoms with E-state index in [0.29, 0.717) is 22.0 Å². The lowest BCUT2D eigenvalue weighted by atomic mass is 10.2. The topological polar surface area (TPSA) is 42.2 Å². The van der Waals surface area contributed by atoms with Crippen molar-refractivity contribution in [3.05, 3.63) is 69.8 Å². The zero-order valence-corrected chi connectivity index (χ0v) is 12.4. The maximum Gasteiger partial charge on any atom is 0.337 e. The fourth-order valence-electron chi connectivity index (χ4n) is 2.40. The van der Waals surface area contributed by atoms with Gasteiger partial charge in [0, 0.05) is 23.6 Å². The minimum absolute atomic E-state index is 0.281. The van der Waals surface area contributed by atoms with Gasteiger partial charge >= 0.3 is 5.97 Å². The summed E-state index contributed by atoms with van der Waals surface area (Å²) in [7, 11) is 0. The van der Waals surface area contributed by atoms with Crippen LogP contribution in [0, 0.1) is 0 Å². The Balaban J connectivity index is 2.13. The Bertz CT molecular complexity index is 839. The van der Waals surface area contributed by atoms with Crippen molar-refractivity contribution in [1.29, 1.82) is 0 Å². The van der Waals surface area contributed by atoms with E-state index >= 15 is 0 Å². The van der Waals surface area contributed by atoms with E-state index in [4.69, 9.17) is 23.2 Å². The van der Waals surface area contributed by atoms with Crippen LogP contribution in [-0.4, -0.2) is 15.6 Å². The molecule has 0 bridgehead atoms. The number of halogens is 2. The molecule has 0 spiro atoms. The van der Waals surface area contributed by atoms with E-state index in [9.17, 15) is 9.90 Å². The Labute approximate surface area is 131 Å². The molecule has 2 aromatic carbocycles. The molecule has 0 atom stereocenters. The second-order valence-electron chi connectivity index (χ2n) is 4.71. The van der Waals surface area contributed by atoms with E-state index in [-0.39, 0.29) is 5.56 Å². The molecule has 0 saturated heterocycles. The second-order valence-corrected chi connectivity index (χ2v) is 5.49. The van der Waals surface area contributed by atoms with Crippen LogP contribution in [0.3, 0.4) is 0 Å². The van der Waals surface area contributed by atoms with Crippen molar-refractivity contribution in [2.75, 3.05) is 0 Å². The van der Waals surface area contributed by atoms with Crippen LogP contribution >= 0.6 is 23.2 Å². The Kier molecular flexibility index (Phi) is 3.62. The average molecular weight is 320 g/mol. The van der Waals surface area contributed by atoms with Gasteiger partial charge in [-0.25, -0.2) is 4.79 Å². The molecular formula is C16H11Cl2NO2. The summed E-state index contributed by atoms with van der Waals surface area (Å²) in [6, 6.07) is 12.8. The van der Waals surface area contributed by atoms with E-state index in [1.165, 1.54) is 0 Å². The number of hydrogen-bond acceptors (Lipinski definition) is 1. The van der Waals surface area contributed by atoms with E-state index in [2.05, 4.69) is 0 Å². The Morgan fingerprint density at radius 1 is 1.10 bits per heavy atom. The summed E-state index contributed by atoms with van der Waals surface area (Å²) in [6.45, 7) is 0.465. The molecule has 0 aliphatic heterocycles. The third kappa shape index (κ3) is 2.50. The largest absolute Gasteiger partial charge is 0.478 e. The number of carboxylic acid groups (broad SMARTS) is 1. The molecule has 3 aromatic rings. The second kappa shape index (κ2) is 5.43. The van der Waals surface area contributed by atoms with Crippen LogP contribution < -0.4 is 0 Å². The first kappa shape index (κ1) is 14.0. The van der Waals surface area contributed by atoms with Gasteiger partial charge in [0.1, 0.15) is 0 Å². The molecule has 3 rings (SSSR count). The molecule has 106 valence electrons. The monoisotopic (exact) mass is 319 g/mol. The zero-order valence-electron chi connectivity index (χ0n) is 10.9. The first-order valence-corrected chi connectivity index (χ1v) is 7.07. The maximum atomic E-state index is 11.3. The van der Waals surface area contributed by atoms with Crippen LogP contribution in [0.25, 0.3) is 10.9 Å². The number of aromatic nitrogens is 1. The highest BCUT2D eigenvalue weighted by molar-refractivity contribution is 6.42. The van der Waals surface area contributed by atoms with Gasteiger partial charge in [-0.2, -0.15) is 0 Å². The third-order valence-electron chi connectivity index (χ3n) is 3.39. The quantitative estimate of drug-likeness (QED) is 0.760. The molecule has 0 radical (unpaired) electrons. The fourth-order valence-corrected chi connectivity index (χ4v) is 2.78. The smallest absolute Gasteiger partial charge is 0.337 e. The van der Waals surface area contributed by atoms with Gasteiger partial charge in [-0.3, -0.25) is 0 Å². The van der Waals surface area contributed by atoms with Crippen molar-refractivity contribution in [3.8, 4) is 0 Å². The van der Waals surface area contributed by atoms with Gasteiger partial charge in [0.25, 0.3) is 0 Å². The first-order chi connectivity index (χ1) is 10.1. The van der Waals surface area contributed by atoms with Gasteiger partial charge in [0.05, 0.1) is 15.6 Å². The Hall–Kier alpha value is -1.97. The predicted molar refractivity (Wildman–Crippen MR) is 84.5 cm³/mol. The SMILES string of the molecule is O=C(O)c1cn(Cc2cccc(Cl)c2Cl)c2ccccc12. The molecule has 0 unspecified atom stereocenters. The minimum atomic E-state index is -0.942. The number of carboxylic acids is 1. The van der Waals surface area contributed by atoms with Crippen molar-refractivity contribution < 1.29 is 9.90 Å². The van der Waals surface area contributed by atoms with Crippen LogP contribution in [0.2, 0.25) is 10.0 Å². The van der Waals surface area contributed by atoms with Gasteiger partial charge in [0.2, 0.25) is 0 Å². The van der Waals surface area contributed by atoms with E-state index in [0.717, 1.165) is 11.1 Å². The summed E-state index contributed by atoms with van der Waals surface area (Å²) < 4.78 is 1.87. The highest BCUT2D eigenvalue weighted by Crippen LogP contribution is 2.28. The van der Waals surface area contributed by atoms with Crippen molar-refractivity contribution in [1.82, 2.24) is 4.57 Å². The summed E-state index contributed by atoms with van der Waals surface area (Å²) in [4.78, 5) is 11.3. The molecular weight excluding hydrogens is 309 g/mol. The van der Waals surface area contributed by atoms with Gasteiger partial charge in [-0.1, -0.05) is 53.5 Å². The molecule has 1 N–H and O–H groups in total. The lowest BCUT2D eigenvalue weighted by Gasteiger charge is -2.08. The van der Waals surface area contributed by atoms with Crippen molar-refractivity contribution >= 4 is 40.1 Å². The molecule has 0 amide bonds. The highest BCUT2D eigenvalue weighted by atomic mass is 35.5. The van der Waals surface area contributed by atoms with Crippen LogP contribution in [0.1, 0.15) is 15.9 Å². The molecule has 0 aliphatic rings. The standard InChI is InChI=1S/C16H11Cl2NO2/c17-13-6-3-4-10(15(13)18)8-19-9-12(16(20)21)11-5-1-2-7-14(11)19/h1-7,9H,8H2,(H,20,21). The molecule has 21 heavy (non-hydrogen) atoms. The number of nitrogens with zero attached hydrogens (tertiary/aromatic N) is 1. The van der Waals surface area contributed by atoms with Crippen LogP contribution in [-0.2, 0) is 6.54 Å². The summed E-state index contributed by atoms with van der Waals surface area (Å²) >= 11 is 12.2. The van der Waals surface area contributed by atoms with Crippen molar-refractivity contribution in [2.45, 2.75) is 6.54 Å². The van der Waals surface area contributed by atoms with Crippen LogP contribution in [0.4, 0.5) is 0 Å². The predicted octanol–water partition coefficient (Wildman–Crippen LogP) is 4.69. The third-order valence-corrected chi connectivity index (χ3v) is 4.25. The van der Waals surface area contributed by atoms with Gasteiger partial charge in [-0.15, -0.1) is 0 Å². The van der Waals surface area contributed by atoms with Gasteiger partial charge < -0.3 is 9.67 Å². The number of hydrogen-bond donors (Lipinski definition) is 1. The molecule has 0 fully saturated rings. The summed E-state index contributed by atoms with van der Waals surface area (Å²) in [6.07, 6.45) is 1.63. The van der Waals surface area contributed by atoms with Crippen molar-refractivity contribution in [3.63, 3.8) is 0 Å². The Morgan fingerprint density at radius 3 is 2.62 bits per heavy atom. The number of fused-ring (bicyclic) bond motifs is 1. The van der Waals surface area contributed by atoms with E-state index in [1.54, 1.807) is 18.3 Å². The fraction of sp³-hybridized carbons (Fsp3) is 0.0625. The van der Waals surface area contributed by atoms with E-state index in [1.807, 2.05) is 34.9 Å². The van der Waals surface area contributed by atoms with Gasteiger partial charge in [-0.05, 0) is 17.7 Å². The molecule has 0 saturated carbocycles. The lowest BCUT2D eigenvalue weighted by Crippen LogP contribution is -1.99. The highest BCUT2D eigenvalue weighted by Gasteiger charge is 2.14. The molecule has 1 heterocycles. The van der Waals surface area contributed by atoms with Crippen LogP contribution in [0.5, 0.6) is 0 Å². The zero-order chi connectivity index (χ0) is 15.0. The minimum Gasteiger partial charge on any atom is -0.478 e. The number of para-hydroxylation sites is 1. The summed E-state index contributed by atoms with van der Waals surface area (Å²) in [5.74, 6) is -0.942. The molecule has 1 aromatic heterocycles. The maximum absolute atomic E-state index is 11.3. The van der Waals surface area contributed by atoms with Crippen molar-refractivity contribution in [2.24, 2.45) is 0 Å².